The summed E-state index contributed by atoms with van der Waals surface area (Å²) in [6.07, 6.45) is 0. The first-order valence-corrected chi connectivity index (χ1v) is 4.69. The minimum atomic E-state index is 0. The van der Waals surface area contributed by atoms with Gasteiger partial charge in [-0.2, -0.15) is 17.8 Å². The molecular formula is C12H27Hf-3. The topological polar surface area (TPSA) is 0 Å². The molecule has 0 saturated carbocycles. The summed E-state index contributed by atoms with van der Waals surface area (Å²) in [5.74, 6) is 1.75. The molecule has 0 aromatic rings. The van der Waals surface area contributed by atoms with Gasteiger partial charge in [0.2, 0.25) is 0 Å². The molecule has 0 saturated heterocycles. The predicted molar refractivity (Wildman–Crippen MR) is 60.6 cm³/mol. The van der Waals surface area contributed by atoms with E-state index in [1.165, 1.54) is 0 Å². The molecule has 0 nitrogen and oxygen atoms in total. The van der Waals surface area contributed by atoms with Crippen LogP contribution in [0.15, 0.2) is 0 Å². The van der Waals surface area contributed by atoms with E-state index in [1.807, 2.05) is 0 Å². The van der Waals surface area contributed by atoms with Crippen LogP contribution in [0.25, 0.3) is 0 Å². The van der Waals surface area contributed by atoms with Crippen molar-refractivity contribution in [1.29, 1.82) is 0 Å². The van der Waals surface area contributed by atoms with Gasteiger partial charge in [0.25, 0.3) is 0 Å². The maximum Gasteiger partial charge on any atom is 0 e. The summed E-state index contributed by atoms with van der Waals surface area (Å²) in [6.45, 7) is 23.2. The summed E-state index contributed by atoms with van der Waals surface area (Å²) in [5.41, 5.74) is 0. The zero-order valence-electron chi connectivity index (χ0n) is 10.4. The first-order chi connectivity index (χ1) is 5.20. The molecule has 0 amide bonds. The van der Waals surface area contributed by atoms with E-state index in [-0.39, 0.29) is 25.8 Å². The molecule has 0 spiro atoms. The Balaban J connectivity index is -0.0000000450. The molecule has 0 N–H and O–H groups in total. The number of hydrogen-bond acceptors (Lipinski definition) is 0. The van der Waals surface area contributed by atoms with E-state index in [0.717, 1.165) is 0 Å². The molecule has 82 valence electrons. The van der Waals surface area contributed by atoms with Gasteiger partial charge in [-0.15, -0.1) is 0 Å². The van der Waals surface area contributed by atoms with Gasteiger partial charge in [-0.05, 0) is 0 Å². The second-order valence-corrected chi connectivity index (χ2v) is 4.18. The zero-order valence-corrected chi connectivity index (χ0v) is 13.9. The van der Waals surface area contributed by atoms with Gasteiger partial charge in [0.1, 0.15) is 0 Å². The molecule has 0 aliphatic carbocycles. The molecular weight excluding hydrogens is 323 g/mol. The molecule has 0 aliphatic heterocycles. The van der Waals surface area contributed by atoms with Gasteiger partial charge in [0.15, 0.2) is 0 Å². The van der Waals surface area contributed by atoms with E-state index in [1.54, 1.807) is 0 Å². The van der Waals surface area contributed by atoms with Crippen LogP contribution < -0.4 is 0 Å². The molecule has 0 bridgehead atoms. The predicted octanol–water partition coefficient (Wildman–Crippen LogP) is 4.43. The Morgan fingerprint density at radius 2 is 0.538 bits per heavy atom. The molecule has 0 heterocycles. The fourth-order valence-electron chi connectivity index (χ4n) is 0. The van der Waals surface area contributed by atoms with Gasteiger partial charge < -0.3 is 20.8 Å². The van der Waals surface area contributed by atoms with Crippen LogP contribution in [0.5, 0.6) is 0 Å². The quantitative estimate of drug-likeness (QED) is 0.448. The van der Waals surface area contributed by atoms with Crippen LogP contribution in [0, 0.1) is 38.5 Å². The maximum atomic E-state index is 3.64. The van der Waals surface area contributed by atoms with Crippen molar-refractivity contribution in [2.75, 3.05) is 0 Å². The van der Waals surface area contributed by atoms with Crippen molar-refractivity contribution in [1.82, 2.24) is 0 Å². The van der Waals surface area contributed by atoms with Crippen molar-refractivity contribution in [2.24, 2.45) is 17.8 Å². The molecule has 13 heavy (non-hydrogen) atoms. The van der Waals surface area contributed by atoms with Crippen LogP contribution in [0.1, 0.15) is 41.5 Å². The summed E-state index contributed by atoms with van der Waals surface area (Å²) in [7, 11) is 0. The Kier molecular flexibility index (Phi) is 33.8. The minimum absolute atomic E-state index is 0. The molecule has 0 radical (unpaired) electrons. The molecule has 0 aliphatic rings. The van der Waals surface area contributed by atoms with E-state index in [9.17, 15) is 0 Å². The van der Waals surface area contributed by atoms with Crippen molar-refractivity contribution in [3.8, 4) is 0 Å². The van der Waals surface area contributed by atoms with Gasteiger partial charge in [-0.1, -0.05) is 41.5 Å². The average Bonchev–Trinajstić information content (AvgIpc) is 1.54. The van der Waals surface area contributed by atoms with Crippen LogP contribution >= 0.6 is 0 Å². The zero-order chi connectivity index (χ0) is 10.7. The van der Waals surface area contributed by atoms with Gasteiger partial charge in [-0.25, -0.2) is 0 Å². The Bertz CT molecular complexity index is 33.6. The first kappa shape index (κ1) is 23.6. The van der Waals surface area contributed by atoms with Crippen molar-refractivity contribution < 1.29 is 25.8 Å². The monoisotopic (exact) mass is 351 g/mol. The third kappa shape index (κ3) is 2010. The fourth-order valence-corrected chi connectivity index (χ4v) is 0. The van der Waals surface area contributed by atoms with E-state index in [0.29, 0.717) is 17.8 Å². The van der Waals surface area contributed by atoms with Gasteiger partial charge >= 0.3 is 0 Å². The van der Waals surface area contributed by atoms with E-state index >= 15 is 0 Å². The van der Waals surface area contributed by atoms with Crippen LogP contribution in [0.3, 0.4) is 0 Å². The smallest absolute Gasteiger partial charge is 0 e. The van der Waals surface area contributed by atoms with Crippen LogP contribution in [-0.4, -0.2) is 0 Å². The second kappa shape index (κ2) is 18.6. The van der Waals surface area contributed by atoms with Crippen molar-refractivity contribution in [3.63, 3.8) is 0 Å². The standard InChI is InChI=1S/3C4H9.Hf/c3*1-4(2)3;/h3*4H,1H2,2-3H3;/q3*-1;. The molecule has 0 aromatic carbocycles. The summed E-state index contributed by atoms with van der Waals surface area (Å²) in [4.78, 5) is 0. The van der Waals surface area contributed by atoms with Gasteiger partial charge in [-0.3, -0.25) is 0 Å². The molecule has 1 heteroatoms. The summed E-state index contributed by atoms with van der Waals surface area (Å²) in [6, 6.07) is 0. The largest absolute Gasteiger partial charge is 0.341 e. The average molecular weight is 350 g/mol. The summed E-state index contributed by atoms with van der Waals surface area (Å²) >= 11 is 0. The van der Waals surface area contributed by atoms with E-state index in [2.05, 4.69) is 62.3 Å². The van der Waals surface area contributed by atoms with Crippen molar-refractivity contribution in [3.05, 3.63) is 20.8 Å². The van der Waals surface area contributed by atoms with Crippen LogP contribution in [0.2, 0.25) is 0 Å². The number of rotatable bonds is 0. The third-order valence-electron chi connectivity index (χ3n) is 0. The van der Waals surface area contributed by atoms with Gasteiger partial charge in [0.05, 0.1) is 0 Å². The summed E-state index contributed by atoms with van der Waals surface area (Å²) < 4.78 is 0. The fraction of sp³-hybridized carbons (Fsp3) is 0.750. The molecule has 0 fully saturated rings. The second-order valence-electron chi connectivity index (χ2n) is 4.18. The summed E-state index contributed by atoms with van der Waals surface area (Å²) in [5, 5.41) is 0. The number of hydrogen-bond donors (Lipinski definition) is 0. The van der Waals surface area contributed by atoms with Crippen molar-refractivity contribution >= 4 is 0 Å². The van der Waals surface area contributed by atoms with Crippen molar-refractivity contribution in [2.45, 2.75) is 41.5 Å². The minimum Gasteiger partial charge on any atom is -0.341 e. The van der Waals surface area contributed by atoms with E-state index in [4.69, 9.17) is 0 Å². The maximum absolute atomic E-state index is 3.64. The molecule has 0 unspecified atom stereocenters. The van der Waals surface area contributed by atoms with E-state index < -0.39 is 0 Å². The molecule has 0 atom stereocenters. The molecule has 0 aromatic heterocycles. The first-order valence-electron chi connectivity index (χ1n) is 4.69. The Labute approximate surface area is 106 Å². The normalized spacial score (nSPS) is 8.31. The SMILES string of the molecule is [CH2-]C(C)C.[CH2-]C(C)C.[CH2-]C(C)C.[Hf]. The Hall–Kier alpha value is 0.870. The molecule has 0 rings (SSSR count). The van der Waals surface area contributed by atoms with Gasteiger partial charge in [0, 0.05) is 25.8 Å². The third-order valence-corrected chi connectivity index (χ3v) is 0. The Morgan fingerprint density at radius 1 is 0.538 bits per heavy atom. The Morgan fingerprint density at radius 3 is 0.538 bits per heavy atom. The van der Waals surface area contributed by atoms with Crippen LogP contribution in [-0.2, 0) is 25.8 Å². The van der Waals surface area contributed by atoms with Crippen LogP contribution in [0.4, 0.5) is 0 Å².